The minimum Gasteiger partial charge on any atom is -0.465 e. The van der Waals surface area contributed by atoms with Crippen LogP contribution < -0.4 is 0 Å². The summed E-state index contributed by atoms with van der Waals surface area (Å²) in [5, 5.41) is 0. The summed E-state index contributed by atoms with van der Waals surface area (Å²) in [6.45, 7) is 67.4. The predicted molar refractivity (Wildman–Crippen MR) is 400 cm³/mol. The molecule has 2 nitrogen and oxygen atoms in total. The lowest BCUT2D eigenvalue weighted by molar-refractivity contribution is -0.162. The van der Waals surface area contributed by atoms with Crippen LogP contribution in [0.2, 0.25) is 0 Å². The number of ether oxygens (including phenoxy) is 1. The van der Waals surface area contributed by atoms with E-state index in [-0.39, 0.29) is 60.1 Å². The number of unbranched alkanes of at least 4 members (excludes halogenated alkanes) is 9. The molecule has 0 aliphatic rings. The summed E-state index contributed by atoms with van der Waals surface area (Å²) in [7, 11) is 0. The van der Waals surface area contributed by atoms with Crippen molar-refractivity contribution in [3.8, 4) is 0 Å². The molecule has 2 heteroatoms. The Morgan fingerprint density at radius 1 is 0.216 bits per heavy atom. The van der Waals surface area contributed by atoms with E-state index in [1.165, 1.54) is 270 Å². The molecule has 0 saturated carbocycles. The molecule has 0 heterocycles. The van der Waals surface area contributed by atoms with Gasteiger partial charge in [-0.2, -0.15) is 0 Å². The van der Waals surface area contributed by atoms with Gasteiger partial charge in [0.05, 0.1) is 12.0 Å². The van der Waals surface area contributed by atoms with E-state index in [2.05, 4.69) is 180 Å². The number of hydrogen-bond acceptors (Lipinski definition) is 2. The van der Waals surface area contributed by atoms with Crippen molar-refractivity contribution in [1.29, 1.82) is 0 Å². The molecule has 1 atom stereocenters. The molecule has 88 heavy (non-hydrogen) atoms. The van der Waals surface area contributed by atoms with E-state index in [1.807, 2.05) is 0 Å². The van der Waals surface area contributed by atoms with Gasteiger partial charge in [0, 0.05) is 0 Å². The third-order valence-electron chi connectivity index (χ3n) is 29.5. The van der Waals surface area contributed by atoms with Gasteiger partial charge in [-0.25, -0.2) is 0 Å². The van der Waals surface area contributed by atoms with Gasteiger partial charge in [0.1, 0.15) is 0 Å². The van der Waals surface area contributed by atoms with Crippen LogP contribution in [0.5, 0.6) is 0 Å². The molecule has 0 saturated heterocycles. The highest BCUT2D eigenvalue weighted by atomic mass is 16.5. The quantitative estimate of drug-likeness (QED) is 0.0448. The van der Waals surface area contributed by atoms with E-state index in [9.17, 15) is 0 Å². The smallest absolute Gasteiger partial charge is 0.311 e. The van der Waals surface area contributed by atoms with Crippen molar-refractivity contribution >= 4 is 5.97 Å². The van der Waals surface area contributed by atoms with Gasteiger partial charge >= 0.3 is 5.97 Å². The van der Waals surface area contributed by atoms with Crippen LogP contribution in [-0.2, 0) is 9.53 Å². The molecule has 0 N–H and O–H groups in total. The summed E-state index contributed by atoms with van der Waals surface area (Å²) in [5.41, 5.74) is 1.36. The zero-order chi connectivity index (χ0) is 67.5. The third-order valence-corrected chi connectivity index (χ3v) is 29.5. The minimum absolute atomic E-state index is 0.0711. The molecule has 0 aromatic carbocycles. The molecular weight excluding hydrogens is 1060 g/mol. The van der Waals surface area contributed by atoms with Crippen LogP contribution in [0, 0.1) is 65.0 Å². The zero-order valence-electron chi connectivity index (χ0n) is 66.6. The van der Waals surface area contributed by atoms with Crippen LogP contribution in [0.25, 0.3) is 0 Å². The van der Waals surface area contributed by atoms with Crippen molar-refractivity contribution in [2.75, 3.05) is 6.61 Å². The highest BCUT2D eigenvalue weighted by Crippen LogP contribution is 2.69. The van der Waals surface area contributed by atoms with Gasteiger partial charge in [0.25, 0.3) is 0 Å². The summed E-state index contributed by atoms with van der Waals surface area (Å²) in [6.07, 6.45) is 57.6. The summed E-state index contributed by atoms with van der Waals surface area (Å²) in [4.78, 5) is 16.3. The topological polar surface area (TPSA) is 26.3 Å². The summed E-state index contributed by atoms with van der Waals surface area (Å²) >= 11 is 0. The molecule has 0 radical (unpaired) electrons. The summed E-state index contributed by atoms with van der Waals surface area (Å²) in [6, 6.07) is 0. The van der Waals surface area contributed by atoms with Gasteiger partial charge in [-0.15, -0.1) is 0 Å². The lowest BCUT2D eigenvalue weighted by Crippen LogP contribution is -2.51. The number of carbonyl (C=O) groups excluding carboxylic acids is 1. The van der Waals surface area contributed by atoms with Crippen molar-refractivity contribution in [2.45, 2.75) is 475 Å². The van der Waals surface area contributed by atoms with Crippen LogP contribution in [0.4, 0.5) is 0 Å². The first-order chi connectivity index (χ1) is 41.7. The molecule has 0 aromatic heterocycles. The molecule has 0 bridgehead atoms. The van der Waals surface area contributed by atoms with E-state index in [0.717, 1.165) is 25.7 Å². The first-order valence-corrected chi connectivity index (χ1v) is 40.9. The number of rotatable bonds is 59. The molecule has 0 aliphatic heterocycles. The van der Waals surface area contributed by atoms with Crippen LogP contribution in [-0.4, -0.2) is 12.6 Å². The molecule has 0 fully saturated rings. The van der Waals surface area contributed by atoms with Crippen molar-refractivity contribution in [1.82, 2.24) is 0 Å². The number of esters is 1. The fourth-order valence-electron chi connectivity index (χ4n) is 21.2. The maximum atomic E-state index is 16.3. The Morgan fingerprint density at radius 2 is 0.420 bits per heavy atom. The first kappa shape index (κ1) is 87.5. The average molecular weight is 1240 g/mol. The lowest BCUT2D eigenvalue weighted by atomic mass is 9.44. The van der Waals surface area contributed by atoms with Crippen molar-refractivity contribution in [3.05, 3.63) is 0 Å². The molecule has 0 aliphatic carbocycles. The van der Waals surface area contributed by atoms with Gasteiger partial charge < -0.3 is 4.74 Å². The van der Waals surface area contributed by atoms with Gasteiger partial charge in [-0.1, -0.05) is 379 Å². The second-order valence-electron chi connectivity index (χ2n) is 33.2. The maximum Gasteiger partial charge on any atom is 0.311 e. The fraction of sp³-hybridized carbons (Fsp3) is 0.988. The van der Waals surface area contributed by atoms with E-state index in [0.29, 0.717) is 12.0 Å². The Hall–Kier alpha value is -0.530. The Labute approximate surface area is 559 Å². The fourth-order valence-corrected chi connectivity index (χ4v) is 21.2. The highest BCUT2D eigenvalue weighted by Gasteiger charge is 2.59. The second-order valence-corrected chi connectivity index (χ2v) is 33.2. The Balaban J connectivity index is 10.6. The van der Waals surface area contributed by atoms with E-state index >= 15 is 4.79 Å². The van der Waals surface area contributed by atoms with Gasteiger partial charge in [-0.05, 0) is 156 Å². The normalized spacial score (nSPS) is 14.7. The van der Waals surface area contributed by atoms with Gasteiger partial charge in [0.15, 0.2) is 0 Å². The molecule has 0 rings (SSSR count). The van der Waals surface area contributed by atoms with Crippen molar-refractivity contribution in [2.24, 2.45) is 65.0 Å². The van der Waals surface area contributed by atoms with Crippen LogP contribution >= 0.6 is 0 Å². The van der Waals surface area contributed by atoms with Crippen molar-refractivity contribution < 1.29 is 9.53 Å². The average Bonchev–Trinajstić information content (AvgIpc) is 1.10. The first-order valence-electron chi connectivity index (χ1n) is 40.9. The number of hydrogen-bond donors (Lipinski definition) is 0. The largest absolute Gasteiger partial charge is 0.465 e. The standard InChI is InChI=1S/C86H172O2/c1-27-52-53-54-55-56-57-58-59-60-62-88-74(87)75(26,29-3)63-84(71-83(50-24,51-25)70-82(48-22,49-23)61-28-2,72-85(64-76(30-4,31-5)32-6,65-77(33-7,34-8)35-9)66-78(36-10,37-11)38-12)73-86(67-79(39-13,40-14)41-15,68-80(42-16,43-17)44-18)69-81(45-19,46-20)47-21/h27-73H2,1-26H3. The molecule has 0 aromatic rings. The zero-order valence-corrected chi connectivity index (χ0v) is 66.6. The molecule has 1 unspecified atom stereocenters. The maximum absolute atomic E-state index is 16.3. The van der Waals surface area contributed by atoms with Crippen molar-refractivity contribution in [3.63, 3.8) is 0 Å². The molecular formula is C86H172O2. The molecule has 0 spiro atoms. The summed E-state index contributed by atoms with van der Waals surface area (Å²) < 4.78 is 6.96. The monoisotopic (exact) mass is 1240 g/mol. The van der Waals surface area contributed by atoms with Crippen LogP contribution in [0.15, 0.2) is 0 Å². The minimum atomic E-state index is -0.614. The van der Waals surface area contributed by atoms with Gasteiger partial charge in [0.2, 0.25) is 0 Å². The SMILES string of the molecule is CCCCCCCCCCCCOC(=O)C(C)(CC)CC(CC(CC)(CC)CC(CC)(CC)CCC)(CC(CC(CC)(CC)CC)(CC(CC)(CC)CC)CC(CC)(CC)CC)CC(CC(CC)(CC)CC)(CC(CC)(CC)CC)CC(CC)(CC)CC. The van der Waals surface area contributed by atoms with Crippen LogP contribution in [0.1, 0.15) is 475 Å². The Morgan fingerprint density at radius 3 is 0.648 bits per heavy atom. The van der Waals surface area contributed by atoms with Gasteiger partial charge in [-0.3, -0.25) is 4.79 Å². The van der Waals surface area contributed by atoms with E-state index in [1.54, 1.807) is 0 Å². The number of carbonyl (C=O) groups is 1. The summed E-state index contributed by atoms with van der Waals surface area (Å²) in [5.74, 6) is 0.132. The Kier molecular flexibility index (Phi) is 41.9. The lowest BCUT2D eigenvalue weighted by Gasteiger charge is -2.61. The highest BCUT2D eigenvalue weighted by molar-refractivity contribution is 5.76. The third kappa shape index (κ3) is 24.6. The molecule has 528 valence electrons. The van der Waals surface area contributed by atoms with E-state index in [4.69, 9.17) is 4.74 Å². The predicted octanol–water partition coefficient (Wildman–Crippen LogP) is 30.8. The second kappa shape index (κ2) is 42.1. The Bertz CT molecular complexity index is 1480. The van der Waals surface area contributed by atoms with E-state index < -0.39 is 5.41 Å². The van der Waals surface area contributed by atoms with Crippen LogP contribution in [0.3, 0.4) is 0 Å². The molecule has 0 amide bonds.